The van der Waals surface area contributed by atoms with Gasteiger partial charge in [0.15, 0.2) is 11.6 Å². The smallest absolute Gasteiger partial charge is 0.290 e. The summed E-state index contributed by atoms with van der Waals surface area (Å²) >= 11 is 0. The Bertz CT molecular complexity index is 1060. The Morgan fingerprint density at radius 1 is 1.28 bits per heavy atom. The maximum atomic E-state index is 8.36. The first-order valence-electron chi connectivity index (χ1n) is 11.0. The second-order valence-electron chi connectivity index (χ2n) is 8.44. The molecule has 0 saturated carbocycles. The highest BCUT2D eigenvalue weighted by Gasteiger charge is 2.35. The van der Waals surface area contributed by atoms with Gasteiger partial charge < -0.3 is 25.0 Å². The monoisotopic (exact) mass is 440 g/mol. The van der Waals surface area contributed by atoms with Gasteiger partial charge in [0.25, 0.3) is 6.47 Å². The van der Waals surface area contributed by atoms with Crippen molar-refractivity contribution < 1.29 is 14.6 Å². The molecule has 3 aromatic rings. The molecule has 0 aliphatic carbocycles. The maximum absolute atomic E-state index is 8.36. The predicted octanol–water partition coefficient (Wildman–Crippen LogP) is 0.986. The van der Waals surface area contributed by atoms with Crippen LogP contribution < -0.4 is 15.1 Å². The van der Waals surface area contributed by atoms with Crippen LogP contribution in [0.15, 0.2) is 24.5 Å². The van der Waals surface area contributed by atoms with Crippen LogP contribution in [0.4, 0.5) is 11.5 Å². The number of nitrogens with one attached hydrogen (secondary N) is 2. The molecule has 3 fully saturated rings. The van der Waals surface area contributed by atoms with Crippen molar-refractivity contribution in [3.63, 3.8) is 0 Å². The molecule has 32 heavy (non-hydrogen) atoms. The number of morpholine rings is 1. The maximum Gasteiger partial charge on any atom is 0.290 e. The fourth-order valence-corrected chi connectivity index (χ4v) is 4.89. The van der Waals surface area contributed by atoms with Gasteiger partial charge in [0, 0.05) is 51.0 Å². The zero-order valence-corrected chi connectivity index (χ0v) is 18.0. The van der Waals surface area contributed by atoms with Crippen molar-refractivity contribution in [2.45, 2.75) is 38.0 Å². The van der Waals surface area contributed by atoms with Crippen LogP contribution in [0, 0.1) is 0 Å². The lowest BCUT2D eigenvalue weighted by molar-refractivity contribution is -0.122. The standard InChI is InChI=1S/C20H26N8O.CH2O2/c1-13-9-21-6-7-27(13)17-8-19(26-11-14-2-3-15(12-26)29-14)25-28-18(17)10-22-20(28)16-4-5-23-24-16;2-1-3/h4-5,8,10,13-15,21H,2-3,6-7,9,11-12H2,1H3,(H,23,24);1H,(H,2,3)/t13-,14?,15?;/m1./s1. The van der Waals surface area contributed by atoms with E-state index in [0.29, 0.717) is 18.2 Å². The summed E-state index contributed by atoms with van der Waals surface area (Å²) in [6.45, 7) is 6.75. The summed E-state index contributed by atoms with van der Waals surface area (Å²) in [7, 11) is 0. The van der Waals surface area contributed by atoms with Crippen LogP contribution >= 0.6 is 0 Å². The molecule has 11 heteroatoms. The third-order valence-electron chi connectivity index (χ3n) is 6.38. The van der Waals surface area contributed by atoms with E-state index in [1.807, 2.05) is 23.0 Å². The number of H-pyrrole nitrogens is 1. The van der Waals surface area contributed by atoms with E-state index in [1.54, 1.807) is 0 Å². The number of anilines is 2. The summed E-state index contributed by atoms with van der Waals surface area (Å²) in [4.78, 5) is 17.9. The van der Waals surface area contributed by atoms with Gasteiger partial charge in [-0.05, 0) is 25.8 Å². The number of nitrogens with zero attached hydrogens (tertiary/aromatic N) is 6. The van der Waals surface area contributed by atoms with Gasteiger partial charge in [-0.25, -0.2) is 9.50 Å². The van der Waals surface area contributed by atoms with Crippen LogP contribution in [0.3, 0.4) is 0 Å². The van der Waals surface area contributed by atoms with E-state index in [4.69, 9.17) is 19.7 Å². The van der Waals surface area contributed by atoms with E-state index in [9.17, 15) is 0 Å². The summed E-state index contributed by atoms with van der Waals surface area (Å²) in [5.74, 6) is 1.76. The molecule has 0 amide bonds. The number of hydrogen-bond donors (Lipinski definition) is 3. The highest BCUT2D eigenvalue weighted by Crippen LogP contribution is 2.34. The first-order valence-corrected chi connectivity index (χ1v) is 11.0. The predicted molar refractivity (Wildman–Crippen MR) is 119 cm³/mol. The molecule has 3 N–H and O–H groups in total. The number of hydrogen-bond acceptors (Lipinski definition) is 8. The van der Waals surface area contributed by atoms with Crippen molar-refractivity contribution in [1.82, 2.24) is 30.1 Å². The molecule has 170 valence electrons. The highest BCUT2D eigenvalue weighted by molar-refractivity contribution is 5.78. The SMILES string of the molecule is C[C@@H]1CNCCN1c1cc(N2CC3CCC(C2)O3)nn2c(-c3cc[nH]n3)ncc12.O=CO. The molecule has 2 unspecified atom stereocenters. The van der Waals surface area contributed by atoms with Crippen LogP contribution in [-0.2, 0) is 9.53 Å². The largest absolute Gasteiger partial charge is 0.483 e. The summed E-state index contributed by atoms with van der Waals surface area (Å²) in [6.07, 6.45) is 6.68. The quantitative estimate of drug-likeness (QED) is 0.511. The van der Waals surface area contributed by atoms with Gasteiger partial charge in [-0.2, -0.15) is 5.10 Å². The number of rotatable bonds is 3. The molecule has 3 aliphatic rings. The third kappa shape index (κ3) is 3.78. The Balaban J connectivity index is 0.000000684. The Morgan fingerprint density at radius 3 is 2.75 bits per heavy atom. The first kappa shape index (κ1) is 20.7. The van der Waals surface area contributed by atoms with Crippen LogP contribution in [0.5, 0.6) is 0 Å². The van der Waals surface area contributed by atoms with Gasteiger partial charge in [-0.3, -0.25) is 9.89 Å². The first-order chi connectivity index (χ1) is 15.7. The fraction of sp³-hybridized carbons (Fsp3) is 0.524. The van der Waals surface area contributed by atoms with E-state index in [0.717, 1.165) is 68.4 Å². The van der Waals surface area contributed by atoms with Crippen LogP contribution in [0.25, 0.3) is 17.0 Å². The Hall–Kier alpha value is -3.18. The van der Waals surface area contributed by atoms with Crippen molar-refractivity contribution in [1.29, 1.82) is 0 Å². The van der Waals surface area contributed by atoms with Crippen molar-refractivity contribution >= 4 is 23.5 Å². The minimum atomic E-state index is -0.250. The number of carboxylic acid groups (broad SMARTS) is 1. The van der Waals surface area contributed by atoms with E-state index < -0.39 is 0 Å². The Labute approximate surface area is 185 Å². The molecule has 3 aromatic heterocycles. The van der Waals surface area contributed by atoms with Gasteiger partial charge in [-0.15, -0.1) is 5.10 Å². The molecule has 11 nitrogen and oxygen atoms in total. The Morgan fingerprint density at radius 2 is 2.06 bits per heavy atom. The molecule has 3 saturated heterocycles. The molecule has 6 heterocycles. The Kier molecular flexibility index (Phi) is 5.66. The lowest BCUT2D eigenvalue weighted by atomic mass is 10.2. The zero-order chi connectivity index (χ0) is 22.1. The number of imidazole rings is 1. The normalized spacial score (nSPS) is 25.0. The van der Waals surface area contributed by atoms with Crippen LogP contribution in [-0.4, -0.2) is 87.3 Å². The van der Waals surface area contributed by atoms with Crippen molar-refractivity contribution in [2.24, 2.45) is 0 Å². The zero-order valence-electron chi connectivity index (χ0n) is 18.0. The van der Waals surface area contributed by atoms with Gasteiger partial charge in [0.1, 0.15) is 11.2 Å². The number of aromatic amines is 1. The number of piperazine rings is 1. The molecule has 3 atom stereocenters. The van der Waals surface area contributed by atoms with E-state index in [1.165, 1.54) is 5.69 Å². The average Bonchev–Trinajstić information content (AvgIpc) is 3.54. The second kappa shape index (κ2) is 8.75. The molecular weight excluding hydrogens is 412 g/mol. The van der Waals surface area contributed by atoms with Crippen molar-refractivity contribution in [2.75, 3.05) is 42.5 Å². The summed E-state index contributed by atoms with van der Waals surface area (Å²) in [6, 6.07) is 4.59. The lowest BCUT2D eigenvalue weighted by Gasteiger charge is -2.37. The summed E-state index contributed by atoms with van der Waals surface area (Å²) in [5, 5.41) is 22.6. The van der Waals surface area contributed by atoms with Crippen LogP contribution in [0.1, 0.15) is 19.8 Å². The molecule has 6 rings (SSSR count). The van der Waals surface area contributed by atoms with Gasteiger partial charge in [-0.1, -0.05) is 0 Å². The number of aromatic nitrogens is 5. The lowest BCUT2D eigenvalue weighted by Crippen LogP contribution is -2.50. The molecular formula is C21H28N8O3. The minimum absolute atomic E-state index is 0.250. The number of carbonyl (C=O) groups is 1. The summed E-state index contributed by atoms with van der Waals surface area (Å²) in [5.41, 5.74) is 3.02. The van der Waals surface area contributed by atoms with Gasteiger partial charge in [0.05, 0.1) is 24.1 Å². The summed E-state index contributed by atoms with van der Waals surface area (Å²) < 4.78 is 8.01. The molecule has 2 bridgehead atoms. The molecule has 0 aromatic carbocycles. The highest BCUT2D eigenvalue weighted by atomic mass is 16.5. The average molecular weight is 441 g/mol. The van der Waals surface area contributed by atoms with Gasteiger partial charge >= 0.3 is 0 Å². The topological polar surface area (TPSA) is 124 Å². The molecule has 0 spiro atoms. The minimum Gasteiger partial charge on any atom is -0.483 e. The molecule has 0 radical (unpaired) electrons. The fourth-order valence-electron chi connectivity index (χ4n) is 4.89. The third-order valence-corrected chi connectivity index (χ3v) is 6.38. The van der Waals surface area contributed by atoms with E-state index in [-0.39, 0.29) is 6.47 Å². The molecule has 3 aliphatic heterocycles. The van der Waals surface area contributed by atoms with Crippen LogP contribution in [0.2, 0.25) is 0 Å². The number of fused-ring (bicyclic) bond motifs is 3. The van der Waals surface area contributed by atoms with Gasteiger partial charge in [0.2, 0.25) is 0 Å². The number of ether oxygens (including phenoxy) is 1. The second-order valence-corrected chi connectivity index (χ2v) is 8.44. The van der Waals surface area contributed by atoms with Crippen molar-refractivity contribution in [3.8, 4) is 11.5 Å². The van der Waals surface area contributed by atoms with Crippen molar-refractivity contribution in [3.05, 3.63) is 24.5 Å². The van der Waals surface area contributed by atoms with E-state index >= 15 is 0 Å². The van der Waals surface area contributed by atoms with E-state index in [2.05, 4.69) is 43.3 Å².